The van der Waals surface area contributed by atoms with Crippen LogP contribution in [0.2, 0.25) is 0 Å². The number of aliphatic hydroxyl groups is 1. The number of nitrogens with zero attached hydrogens (tertiary/aromatic N) is 1. The van der Waals surface area contributed by atoms with Gasteiger partial charge in [-0.2, -0.15) is 0 Å². The van der Waals surface area contributed by atoms with Crippen LogP contribution in [0.25, 0.3) is 0 Å². The summed E-state index contributed by atoms with van der Waals surface area (Å²) in [6.45, 7) is 6.92. The van der Waals surface area contributed by atoms with Gasteiger partial charge in [0.15, 0.2) is 0 Å². The molecule has 1 aliphatic rings. The molecule has 0 radical (unpaired) electrons. The molecule has 0 bridgehead atoms. The zero-order valence-corrected chi connectivity index (χ0v) is 16.1. The molecule has 1 heterocycles. The van der Waals surface area contributed by atoms with E-state index in [4.69, 9.17) is 0 Å². The summed E-state index contributed by atoms with van der Waals surface area (Å²) in [5.74, 6) is 5.33. The molecule has 2 aromatic carbocycles. The quantitative estimate of drug-likeness (QED) is 0.766. The highest BCUT2D eigenvalue weighted by molar-refractivity contribution is 5.94. The third-order valence-corrected chi connectivity index (χ3v) is 4.48. The van der Waals surface area contributed by atoms with Gasteiger partial charge in [0, 0.05) is 24.2 Å². The van der Waals surface area contributed by atoms with Crippen LogP contribution in [0.1, 0.15) is 55.1 Å². The molecule has 0 saturated carbocycles. The van der Waals surface area contributed by atoms with Crippen molar-refractivity contribution in [2.24, 2.45) is 0 Å². The molecule has 142 valence electrons. The Bertz CT molecular complexity index is 821. The summed E-state index contributed by atoms with van der Waals surface area (Å²) in [5.41, 5.74) is 0.991. The van der Waals surface area contributed by atoms with Gasteiger partial charge in [0.2, 0.25) is 0 Å². The molecule has 2 aromatic rings. The van der Waals surface area contributed by atoms with Crippen molar-refractivity contribution in [2.75, 3.05) is 13.1 Å². The van der Waals surface area contributed by atoms with Crippen molar-refractivity contribution in [3.8, 4) is 11.8 Å². The highest BCUT2D eigenvalue weighted by Gasteiger charge is 2.29. The molecule has 0 spiro atoms. The number of likely N-dealkylation sites (tertiary alicyclic amines) is 1. The first-order chi connectivity index (χ1) is 12.9. The van der Waals surface area contributed by atoms with Gasteiger partial charge in [0.25, 0.3) is 5.91 Å². The van der Waals surface area contributed by atoms with Gasteiger partial charge < -0.3 is 10.0 Å². The minimum atomic E-state index is -0.678. The van der Waals surface area contributed by atoms with E-state index in [9.17, 15) is 14.3 Å². The Morgan fingerprint density at radius 1 is 1.04 bits per heavy atom. The minimum absolute atomic E-state index is 0.0379. The number of rotatable bonds is 1. The molecule has 0 unspecified atom stereocenters. The van der Waals surface area contributed by atoms with Crippen LogP contribution < -0.4 is 0 Å². The van der Waals surface area contributed by atoms with Gasteiger partial charge in [-0.25, -0.2) is 4.39 Å². The first kappa shape index (κ1) is 20.7. The van der Waals surface area contributed by atoms with Crippen molar-refractivity contribution in [1.82, 2.24) is 4.90 Å². The van der Waals surface area contributed by atoms with Gasteiger partial charge in [-0.3, -0.25) is 4.79 Å². The number of amides is 1. The number of hydrogen-bond acceptors (Lipinski definition) is 2. The Balaban J connectivity index is 0.00000126. The Morgan fingerprint density at radius 2 is 1.63 bits per heavy atom. The molecular weight excluding hydrogens is 341 g/mol. The van der Waals surface area contributed by atoms with Gasteiger partial charge in [-0.15, -0.1) is 0 Å². The maximum atomic E-state index is 13.6. The topological polar surface area (TPSA) is 40.5 Å². The molecule has 0 atom stereocenters. The second-order valence-corrected chi connectivity index (χ2v) is 6.60. The predicted molar refractivity (Wildman–Crippen MR) is 106 cm³/mol. The molecule has 1 aliphatic heterocycles. The highest BCUT2D eigenvalue weighted by Crippen LogP contribution is 2.22. The van der Waals surface area contributed by atoms with Gasteiger partial charge in [0.1, 0.15) is 5.82 Å². The van der Waals surface area contributed by atoms with Crippen molar-refractivity contribution in [3.63, 3.8) is 0 Å². The van der Waals surface area contributed by atoms with Crippen molar-refractivity contribution in [2.45, 2.75) is 39.2 Å². The molecule has 1 amide bonds. The lowest BCUT2D eigenvalue weighted by atomic mass is 9.93. The van der Waals surface area contributed by atoms with Crippen LogP contribution in [-0.2, 0) is 0 Å². The number of benzene rings is 2. The zero-order valence-electron chi connectivity index (χ0n) is 16.1. The third kappa shape index (κ3) is 5.67. The van der Waals surface area contributed by atoms with E-state index in [1.807, 2.05) is 13.8 Å². The standard InChI is InChI=1S/C21H20FNO2.C2H6/c1-21(25)12-14-23(15-13-21)20(24)18-10-7-16(8-11-18)6-9-17-4-2-3-5-19(17)22;1-2/h2-5,7-8,10-11,25H,12-15H2,1H3;1-2H3. The highest BCUT2D eigenvalue weighted by atomic mass is 19.1. The fourth-order valence-corrected chi connectivity index (χ4v) is 2.77. The normalized spacial score (nSPS) is 15.1. The van der Waals surface area contributed by atoms with Crippen LogP contribution in [-0.4, -0.2) is 34.6 Å². The van der Waals surface area contributed by atoms with Crippen molar-refractivity contribution < 1.29 is 14.3 Å². The van der Waals surface area contributed by atoms with E-state index in [0.29, 0.717) is 37.1 Å². The molecule has 27 heavy (non-hydrogen) atoms. The average Bonchev–Trinajstić information content (AvgIpc) is 2.69. The van der Waals surface area contributed by atoms with Gasteiger partial charge in [-0.1, -0.05) is 37.8 Å². The molecular formula is C23H26FNO2. The predicted octanol–water partition coefficient (Wildman–Crippen LogP) is 4.24. The van der Waals surface area contributed by atoms with Crippen LogP contribution in [0.3, 0.4) is 0 Å². The summed E-state index contributed by atoms with van der Waals surface area (Å²) in [6.07, 6.45) is 1.18. The van der Waals surface area contributed by atoms with Gasteiger partial charge in [-0.05, 0) is 56.2 Å². The lowest BCUT2D eigenvalue weighted by Gasteiger charge is -2.35. The maximum Gasteiger partial charge on any atom is 0.253 e. The molecule has 3 nitrogen and oxygen atoms in total. The number of carbonyl (C=O) groups excluding carboxylic acids is 1. The lowest BCUT2D eigenvalue weighted by molar-refractivity contribution is -0.00202. The lowest BCUT2D eigenvalue weighted by Crippen LogP contribution is -2.45. The molecule has 4 heteroatoms. The molecule has 1 fully saturated rings. The summed E-state index contributed by atoms with van der Waals surface area (Å²) in [7, 11) is 0. The summed E-state index contributed by atoms with van der Waals surface area (Å²) in [6, 6.07) is 13.4. The average molecular weight is 367 g/mol. The molecule has 0 aliphatic carbocycles. The maximum absolute atomic E-state index is 13.6. The first-order valence-corrected chi connectivity index (χ1v) is 9.33. The van der Waals surface area contributed by atoms with E-state index in [-0.39, 0.29) is 11.7 Å². The van der Waals surface area contributed by atoms with Crippen LogP contribution in [0.4, 0.5) is 4.39 Å². The minimum Gasteiger partial charge on any atom is -0.390 e. The van der Waals surface area contributed by atoms with Crippen LogP contribution in [0.15, 0.2) is 48.5 Å². The summed E-state index contributed by atoms with van der Waals surface area (Å²) in [5, 5.41) is 9.97. The number of carbonyl (C=O) groups is 1. The smallest absolute Gasteiger partial charge is 0.253 e. The fraction of sp³-hybridized carbons (Fsp3) is 0.348. The second kappa shape index (κ2) is 9.34. The fourth-order valence-electron chi connectivity index (χ4n) is 2.77. The Kier molecular flexibility index (Phi) is 7.15. The van der Waals surface area contributed by atoms with E-state index in [1.165, 1.54) is 6.07 Å². The Labute approximate surface area is 160 Å². The molecule has 3 rings (SSSR count). The largest absolute Gasteiger partial charge is 0.390 e. The Morgan fingerprint density at radius 3 is 2.22 bits per heavy atom. The summed E-state index contributed by atoms with van der Waals surface area (Å²) < 4.78 is 13.6. The monoisotopic (exact) mass is 367 g/mol. The van der Waals surface area contributed by atoms with E-state index in [1.54, 1.807) is 54.3 Å². The van der Waals surface area contributed by atoms with E-state index in [2.05, 4.69) is 11.8 Å². The molecule has 0 aromatic heterocycles. The molecule has 1 N–H and O–H groups in total. The zero-order chi connectivity index (χ0) is 19.9. The van der Waals surface area contributed by atoms with E-state index in [0.717, 1.165) is 5.56 Å². The number of piperidine rings is 1. The van der Waals surface area contributed by atoms with Crippen LogP contribution >= 0.6 is 0 Å². The molecule has 1 saturated heterocycles. The number of hydrogen-bond donors (Lipinski definition) is 1. The second-order valence-electron chi connectivity index (χ2n) is 6.60. The van der Waals surface area contributed by atoms with Gasteiger partial charge in [0.05, 0.1) is 11.2 Å². The van der Waals surface area contributed by atoms with Crippen molar-refractivity contribution in [1.29, 1.82) is 0 Å². The third-order valence-electron chi connectivity index (χ3n) is 4.48. The Hall–Kier alpha value is -2.64. The summed E-state index contributed by atoms with van der Waals surface area (Å²) >= 11 is 0. The van der Waals surface area contributed by atoms with Gasteiger partial charge >= 0.3 is 0 Å². The van der Waals surface area contributed by atoms with Crippen molar-refractivity contribution >= 4 is 5.91 Å². The van der Waals surface area contributed by atoms with Crippen molar-refractivity contribution in [3.05, 3.63) is 71.0 Å². The first-order valence-electron chi connectivity index (χ1n) is 9.33. The number of halogens is 1. The SMILES string of the molecule is CC.CC1(O)CCN(C(=O)c2ccc(C#Cc3ccccc3F)cc2)CC1. The van der Waals surface area contributed by atoms with E-state index >= 15 is 0 Å². The van der Waals surface area contributed by atoms with Crippen LogP contribution in [0.5, 0.6) is 0 Å². The van der Waals surface area contributed by atoms with E-state index < -0.39 is 5.60 Å². The van der Waals surface area contributed by atoms with Crippen LogP contribution in [0, 0.1) is 17.7 Å². The summed E-state index contributed by atoms with van der Waals surface area (Å²) in [4.78, 5) is 14.3.